The second kappa shape index (κ2) is 8.81. The van der Waals surface area contributed by atoms with Crippen LogP contribution in [-0.2, 0) is 0 Å². The van der Waals surface area contributed by atoms with Gasteiger partial charge in [-0.15, -0.1) is 0 Å². The zero-order valence-corrected chi connectivity index (χ0v) is 9.38. The van der Waals surface area contributed by atoms with E-state index in [4.69, 9.17) is 5.73 Å². The van der Waals surface area contributed by atoms with Crippen LogP contribution in [0.2, 0.25) is 0 Å². The van der Waals surface area contributed by atoms with Crippen LogP contribution in [0.3, 0.4) is 0 Å². The number of nitrogens with zero attached hydrogens (tertiary/aromatic N) is 1. The molecule has 0 radical (unpaired) electrons. The number of nitrogens with two attached hydrogens (primary N) is 1. The van der Waals surface area contributed by atoms with Crippen LogP contribution in [0.25, 0.3) is 0 Å². The Morgan fingerprint density at radius 3 is 2.64 bits per heavy atom. The van der Waals surface area contributed by atoms with Gasteiger partial charge in [0.05, 0.1) is 0 Å². The topological polar surface area (TPSA) is 58.4 Å². The van der Waals surface area contributed by atoms with Crippen molar-refractivity contribution in [2.45, 2.75) is 32.6 Å². The standard InChI is InChI=1S/C10H23N3O/c1-3-8-12-10(14)13(2)9-6-4-5-7-11/h3-9,11H2,1-2H3,(H,12,14). The fourth-order valence-electron chi connectivity index (χ4n) is 1.14. The average molecular weight is 201 g/mol. The molecule has 0 aromatic rings. The van der Waals surface area contributed by atoms with Crippen LogP contribution in [0.5, 0.6) is 0 Å². The molecule has 0 saturated heterocycles. The van der Waals surface area contributed by atoms with Gasteiger partial charge in [-0.3, -0.25) is 0 Å². The second-order valence-corrected chi connectivity index (χ2v) is 3.50. The first-order valence-electron chi connectivity index (χ1n) is 5.41. The number of carbonyl (C=O) groups is 1. The largest absolute Gasteiger partial charge is 0.338 e. The molecule has 0 aliphatic heterocycles. The molecule has 14 heavy (non-hydrogen) atoms. The first-order chi connectivity index (χ1) is 6.72. The number of hydrogen-bond acceptors (Lipinski definition) is 2. The van der Waals surface area contributed by atoms with E-state index in [1.165, 1.54) is 0 Å². The molecule has 0 aliphatic rings. The van der Waals surface area contributed by atoms with E-state index in [-0.39, 0.29) is 6.03 Å². The molecule has 4 nitrogen and oxygen atoms in total. The Kier molecular flexibility index (Phi) is 8.33. The molecule has 0 spiro atoms. The van der Waals surface area contributed by atoms with Crippen LogP contribution in [0, 0.1) is 0 Å². The second-order valence-electron chi connectivity index (χ2n) is 3.50. The van der Waals surface area contributed by atoms with Crippen LogP contribution in [0.1, 0.15) is 32.6 Å². The molecule has 84 valence electrons. The Morgan fingerprint density at radius 2 is 2.07 bits per heavy atom. The van der Waals surface area contributed by atoms with Gasteiger partial charge in [0.15, 0.2) is 0 Å². The van der Waals surface area contributed by atoms with Gasteiger partial charge in [0, 0.05) is 20.1 Å². The van der Waals surface area contributed by atoms with Gasteiger partial charge in [-0.25, -0.2) is 4.79 Å². The lowest BCUT2D eigenvalue weighted by Gasteiger charge is -2.17. The molecule has 0 bridgehead atoms. The number of unbranched alkanes of at least 4 members (excludes halogenated alkanes) is 2. The smallest absolute Gasteiger partial charge is 0.317 e. The molecule has 2 amide bonds. The maximum Gasteiger partial charge on any atom is 0.317 e. The van der Waals surface area contributed by atoms with Gasteiger partial charge in [0.1, 0.15) is 0 Å². The van der Waals surface area contributed by atoms with E-state index in [0.717, 1.165) is 45.3 Å². The van der Waals surface area contributed by atoms with Crippen molar-refractivity contribution in [3.63, 3.8) is 0 Å². The molecular weight excluding hydrogens is 178 g/mol. The maximum absolute atomic E-state index is 11.4. The summed E-state index contributed by atoms with van der Waals surface area (Å²) in [5.74, 6) is 0. The van der Waals surface area contributed by atoms with Crippen LogP contribution in [-0.4, -0.2) is 37.6 Å². The lowest BCUT2D eigenvalue weighted by molar-refractivity contribution is 0.208. The third kappa shape index (κ3) is 6.71. The number of amides is 2. The molecule has 0 atom stereocenters. The lowest BCUT2D eigenvalue weighted by atomic mass is 10.2. The van der Waals surface area contributed by atoms with Gasteiger partial charge in [-0.2, -0.15) is 0 Å². The summed E-state index contributed by atoms with van der Waals surface area (Å²) in [5.41, 5.74) is 5.38. The van der Waals surface area contributed by atoms with Crippen molar-refractivity contribution in [2.75, 3.05) is 26.7 Å². The zero-order chi connectivity index (χ0) is 10.8. The van der Waals surface area contributed by atoms with E-state index in [0.29, 0.717) is 0 Å². The summed E-state index contributed by atoms with van der Waals surface area (Å²) >= 11 is 0. The quantitative estimate of drug-likeness (QED) is 0.607. The fourth-order valence-corrected chi connectivity index (χ4v) is 1.14. The monoisotopic (exact) mass is 201 g/mol. The first-order valence-corrected chi connectivity index (χ1v) is 5.41. The van der Waals surface area contributed by atoms with Gasteiger partial charge >= 0.3 is 6.03 Å². The maximum atomic E-state index is 11.4. The van der Waals surface area contributed by atoms with Crippen molar-refractivity contribution in [2.24, 2.45) is 5.73 Å². The molecule has 0 unspecified atom stereocenters. The van der Waals surface area contributed by atoms with Crippen LogP contribution >= 0.6 is 0 Å². The number of nitrogens with one attached hydrogen (secondary N) is 1. The lowest BCUT2D eigenvalue weighted by Crippen LogP contribution is -2.38. The van der Waals surface area contributed by atoms with E-state index >= 15 is 0 Å². The summed E-state index contributed by atoms with van der Waals surface area (Å²) in [7, 11) is 1.83. The van der Waals surface area contributed by atoms with Crippen molar-refractivity contribution in [3.8, 4) is 0 Å². The van der Waals surface area contributed by atoms with Crippen molar-refractivity contribution in [1.29, 1.82) is 0 Å². The summed E-state index contributed by atoms with van der Waals surface area (Å²) in [6.45, 7) is 4.36. The summed E-state index contributed by atoms with van der Waals surface area (Å²) in [5, 5.41) is 2.84. The zero-order valence-electron chi connectivity index (χ0n) is 9.38. The van der Waals surface area contributed by atoms with Gasteiger partial charge in [0.25, 0.3) is 0 Å². The number of rotatable bonds is 7. The van der Waals surface area contributed by atoms with Gasteiger partial charge in [0.2, 0.25) is 0 Å². The van der Waals surface area contributed by atoms with Crippen molar-refractivity contribution < 1.29 is 4.79 Å². The molecule has 0 aromatic carbocycles. The molecule has 4 heteroatoms. The van der Waals surface area contributed by atoms with E-state index in [1.807, 2.05) is 14.0 Å². The summed E-state index contributed by atoms with van der Waals surface area (Å²) in [4.78, 5) is 13.1. The minimum absolute atomic E-state index is 0.0274. The molecule has 0 aliphatic carbocycles. The molecule has 3 N–H and O–H groups in total. The van der Waals surface area contributed by atoms with Crippen molar-refractivity contribution >= 4 is 6.03 Å². The van der Waals surface area contributed by atoms with Gasteiger partial charge in [-0.05, 0) is 25.8 Å². The van der Waals surface area contributed by atoms with E-state index in [1.54, 1.807) is 4.90 Å². The Hall–Kier alpha value is -0.770. The Labute approximate surface area is 86.8 Å². The predicted molar refractivity (Wildman–Crippen MR) is 59.2 cm³/mol. The fraction of sp³-hybridized carbons (Fsp3) is 0.900. The van der Waals surface area contributed by atoms with Crippen LogP contribution in [0.15, 0.2) is 0 Å². The Morgan fingerprint density at radius 1 is 1.36 bits per heavy atom. The Balaban J connectivity index is 3.42. The highest BCUT2D eigenvalue weighted by molar-refractivity contribution is 5.73. The van der Waals surface area contributed by atoms with Gasteiger partial charge in [-0.1, -0.05) is 13.3 Å². The number of urea groups is 1. The summed E-state index contributed by atoms with van der Waals surface area (Å²) in [6.07, 6.45) is 4.16. The predicted octanol–water partition coefficient (Wildman–Crippen LogP) is 1.17. The Bertz CT molecular complexity index is 150. The first kappa shape index (κ1) is 13.2. The highest BCUT2D eigenvalue weighted by Gasteiger charge is 2.05. The van der Waals surface area contributed by atoms with Gasteiger partial charge < -0.3 is 16.0 Å². The molecule has 0 fully saturated rings. The number of carbonyl (C=O) groups excluding carboxylic acids is 1. The third-order valence-electron chi connectivity index (χ3n) is 2.07. The minimum Gasteiger partial charge on any atom is -0.338 e. The van der Waals surface area contributed by atoms with Crippen molar-refractivity contribution in [1.82, 2.24) is 10.2 Å². The summed E-state index contributed by atoms with van der Waals surface area (Å²) < 4.78 is 0. The van der Waals surface area contributed by atoms with E-state index < -0.39 is 0 Å². The minimum atomic E-state index is 0.0274. The van der Waals surface area contributed by atoms with Crippen molar-refractivity contribution in [3.05, 3.63) is 0 Å². The molecular formula is C10H23N3O. The van der Waals surface area contributed by atoms with E-state index in [9.17, 15) is 4.79 Å². The SMILES string of the molecule is CCCNC(=O)N(C)CCCCCN. The van der Waals surface area contributed by atoms with E-state index in [2.05, 4.69) is 5.32 Å². The third-order valence-corrected chi connectivity index (χ3v) is 2.07. The van der Waals surface area contributed by atoms with Crippen LogP contribution < -0.4 is 11.1 Å². The molecule has 0 rings (SSSR count). The highest BCUT2D eigenvalue weighted by Crippen LogP contribution is 1.96. The summed E-state index contributed by atoms with van der Waals surface area (Å²) in [6, 6.07) is 0.0274. The molecule has 0 aromatic heterocycles. The average Bonchev–Trinajstić information content (AvgIpc) is 2.20. The normalized spacial score (nSPS) is 9.93. The van der Waals surface area contributed by atoms with Crippen LogP contribution in [0.4, 0.5) is 4.79 Å². The number of hydrogen-bond donors (Lipinski definition) is 2. The molecule has 0 heterocycles. The highest BCUT2D eigenvalue weighted by atomic mass is 16.2. The molecule has 0 saturated carbocycles.